The number of rotatable bonds is 3. The van der Waals surface area contributed by atoms with Crippen LogP contribution in [0.2, 0.25) is 0 Å². The summed E-state index contributed by atoms with van der Waals surface area (Å²) in [7, 11) is 0. The Hall–Kier alpha value is -1.40. The number of nitrogens with one attached hydrogen (secondary N) is 1. The highest BCUT2D eigenvalue weighted by atomic mass is 32.2. The number of nitrogens with two attached hydrogens (primary N) is 1. The zero-order valence-corrected chi connectivity index (χ0v) is 9.51. The van der Waals surface area contributed by atoms with Crippen molar-refractivity contribution in [2.75, 3.05) is 0 Å². The van der Waals surface area contributed by atoms with Crippen LogP contribution in [-0.4, -0.2) is 15.2 Å². The molecule has 2 aromatic rings. The molecule has 0 unspecified atom stereocenters. The number of benzene rings is 1. The molecule has 4 nitrogen and oxygen atoms in total. The molecule has 1 heterocycles. The van der Waals surface area contributed by atoms with Gasteiger partial charge in [-0.1, -0.05) is 0 Å². The highest BCUT2D eigenvalue weighted by Gasteiger charge is 2.07. The molecule has 1 aromatic carbocycles. The van der Waals surface area contributed by atoms with Crippen molar-refractivity contribution in [3.8, 4) is 0 Å². The summed E-state index contributed by atoms with van der Waals surface area (Å²) in [4.78, 5) is 5.04. The Kier molecular flexibility index (Phi) is 3.21. The van der Waals surface area contributed by atoms with Crippen LogP contribution in [0.1, 0.15) is 11.4 Å². The fraction of sp³-hybridized carbons (Fsp3) is 0.200. The first-order chi connectivity index (χ1) is 7.69. The summed E-state index contributed by atoms with van der Waals surface area (Å²) in [5, 5.41) is 7.36. The Bertz CT molecular complexity index is 497. The monoisotopic (exact) mass is 238 g/mol. The van der Waals surface area contributed by atoms with Gasteiger partial charge < -0.3 is 5.73 Å². The molecular weight excluding hydrogens is 227 g/mol. The first kappa shape index (κ1) is 11.1. The van der Waals surface area contributed by atoms with E-state index in [4.69, 9.17) is 5.73 Å². The topological polar surface area (TPSA) is 67.6 Å². The number of H-pyrrole nitrogens is 1. The van der Waals surface area contributed by atoms with Crippen molar-refractivity contribution >= 4 is 11.8 Å². The molecule has 0 saturated carbocycles. The van der Waals surface area contributed by atoms with Crippen molar-refractivity contribution in [1.82, 2.24) is 15.2 Å². The van der Waals surface area contributed by atoms with E-state index in [0.29, 0.717) is 11.7 Å². The lowest BCUT2D eigenvalue weighted by atomic mass is 10.2. The minimum atomic E-state index is -0.282. The summed E-state index contributed by atoms with van der Waals surface area (Å²) < 4.78 is 13.0. The van der Waals surface area contributed by atoms with E-state index in [2.05, 4.69) is 15.2 Å². The second kappa shape index (κ2) is 4.63. The minimum absolute atomic E-state index is 0.282. The number of aromatic amines is 1. The molecule has 84 valence electrons. The molecule has 0 bridgehead atoms. The molecule has 0 aliphatic heterocycles. The third-order valence-corrected chi connectivity index (χ3v) is 3.00. The molecule has 6 heteroatoms. The first-order valence-electron chi connectivity index (χ1n) is 4.74. The predicted molar refractivity (Wildman–Crippen MR) is 59.5 cm³/mol. The molecular formula is C10H11FN4S. The van der Waals surface area contributed by atoms with Crippen LogP contribution >= 0.6 is 11.8 Å². The molecule has 0 amide bonds. The maximum absolute atomic E-state index is 13.0. The Morgan fingerprint density at radius 3 is 2.94 bits per heavy atom. The van der Waals surface area contributed by atoms with E-state index in [0.717, 1.165) is 16.3 Å². The lowest BCUT2D eigenvalue weighted by Crippen LogP contribution is -1.99. The van der Waals surface area contributed by atoms with E-state index in [9.17, 15) is 4.39 Å². The number of hydrogen-bond donors (Lipinski definition) is 2. The first-order valence-corrected chi connectivity index (χ1v) is 5.56. The fourth-order valence-electron chi connectivity index (χ4n) is 1.27. The van der Waals surface area contributed by atoms with Gasteiger partial charge in [-0.15, -0.1) is 5.10 Å². The van der Waals surface area contributed by atoms with Crippen LogP contribution in [-0.2, 0) is 6.54 Å². The van der Waals surface area contributed by atoms with Crippen LogP contribution in [0.3, 0.4) is 0 Å². The van der Waals surface area contributed by atoms with Crippen LogP contribution in [0.4, 0.5) is 4.39 Å². The Morgan fingerprint density at radius 2 is 2.31 bits per heavy atom. The van der Waals surface area contributed by atoms with Crippen LogP contribution in [0, 0.1) is 12.7 Å². The van der Waals surface area contributed by atoms with Crippen LogP contribution in [0.5, 0.6) is 0 Å². The van der Waals surface area contributed by atoms with E-state index < -0.39 is 0 Å². The lowest BCUT2D eigenvalue weighted by Gasteiger charge is -2.04. The normalized spacial score (nSPS) is 10.7. The summed E-state index contributed by atoms with van der Waals surface area (Å²) in [5.74, 6) is 0.467. The second-order valence-electron chi connectivity index (χ2n) is 3.26. The number of aromatic nitrogens is 3. The molecule has 0 spiro atoms. The van der Waals surface area contributed by atoms with Crippen molar-refractivity contribution in [3.63, 3.8) is 0 Å². The molecule has 1 aromatic heterocycles. The molecule has 0 saturated heterocycles. The van der Waals surface area contributed by atoms with Crippen molar-refractivity contribution < 1.29 is 4.39 Å². The minimum Gasteiger partial charge on any atom is -0.326 e. The van der Waals surface area contributed by atoms with Gasteiger partial charge in [0.25, 0.3) is 0 Å². The average Bonchev–Trinajstić information content (AvgIpc) is 2.67. The molecule has 2 rings (SSSR count). The van der Waals surface area contributed by atoms with Gasteiger partial charge in [-0.25, -0.2) is 9.37 Å². The van der Waals surface area contributed by atoms with E-state index in [1.165, 1.54) is 23.9 Å². The zero-order valence-electron chi connectivity index (χ0n) is 8.70. The van der Waals surface area contributed by atoms with Crippen molar-refractivity contribution in [1.29, 1.82) is 0 Å². The molecule has 0 aliphatic carbocycles. The number of hydrogen-bond acceptors (Lipinski definition) is 4. The fourth-order valence-corrected chi connectivity index (χ4v) is 2.15. The Balaban J connectivity index is 2.27. The number of nitrogens with zero attached hydrogens (tertiary/aromatic N) is 2. The standard InChI is InChI=1S/C10H11FN4S/c1-6-13-10(15-14-6)16-9-3-2-8(11)4-7(9)5-12/h2-4H,5,12H2,1H3,(H,13,14,15). The van der Waals surface area contributed by atoms with E-state index in [1.54, 1.807) is 6.07 Å². The van der Waals surface area contributed by atoms with Gasteiger partial charge in [0, 0.05) is 11.4 Å². The molecule has 0 fully saturated rings. The maximum Gasteiger partial charge on any atom is 0.213 e. The Morgan fingerprint density at radius 1 is 1.50 bits per heavy atom. The lowest BCUT2D eigenvalue weighted by molar-refractivity contribution is 0.623. The summed E-state index contributed by atoms with van der Waals surface area (Å²) in [6.45, 7) is 2.12. The highest BCUT2D eigenvalue weighted by Crippen LogP contribution is 2.28. The SMILES string of the molecule is Cc1nc(Sc2ccc(F)cc2CN)n[nH]1. The van der Waals surface area contributed by atoms with Crippen molar-refractivity contribution in [3.05, 3.63) is 35.4 Å². The van der Waals surface area contributed by atoms with Gasteiger partial charge in [-0.3, -0.25) is 5.10 Å². The van der Waals surface area contributed by atoms with Gasteiger partial charge >= 0.3 is 0 Å². The van der Waals surface area contributed by atoms with Gasteiger partial charge in [0.2, 0.25) is 5.16 Å². The number of aryl methyl sites for hydroxylation is 1. The highest BCUT2D eigenvalue weighted by molar-refractivity contribution is 7.99. The van der Waals surface area contributed by atoms with Gasteiger partial charge in [0.05, 0.1) is 0 Å². The van der Waals surface area contributed by atoms with Crippen LogP contribution in [0.15, 0.2) is 28.3 Å². The average molecular weight is 238 g/mol. The second-order valence-corrected chi connectivity index (χ2v) is 4.27. The third kappa shape index (κ3) is 2.40. The van der Waals surface area contributed by atoms with E-state index in [-0.39, 0.29) is 5.82 Å². The summed E-state index contributed by atoms with van der Waals surface area (Å²) in [5.41, 5.74) is 6.31. The van der Waals surface area contributed by atoms with E-state index >= 15 is 0 Å². The molecule has 16 heavy (non-hydrogen) atoms. The van der Waals surface area contributed by atoms with Crippen LogP contribution < -0.4 is 5.73 Å². The van der Waals surface area contributed by atoms with Gasteiger partial charge in [-0.05, 0) is 42.4 Å². The van der Waals surface area contributed by atoms with Gasteiger partial charge in [0.1, 0.15) is 11.6 Å². The molecule has 3 N–H and O–H groups in total. The van der Waals surface area contributed by atoms with Gasteiger partial charge in [-0.2, -0.15) is 0 Å². The number of halogens is 1. The zero-order chi connectivity index (χ0) is 11.5. The van der Waals surface area contributed by atoms with Crippen molar-refractivity contribution in [2.45, 2.75) is 23.5 Å². The summed E-state index contributed by atoms with van der Waals surface area (Å²) in [6, 6.07) is 4.52. The maximum atomic E-state index is 13.0. The predicted octanol–water partition coefficient (Wildman–Crippen LogP) is 1.86. The molecule has 0 aliphatic rings. The molecule has 0 atom stereocenters. The summed E-state index contributed by atoms with van der Waals surface area (Å²) in [6.07, 6.45) is 0. The largest absolute Gasteiger partial charge is 0.326 e. The van der Waals surface area contributed by atoms with Crippen LogP contribution in [0.25, 0.3) is 0 Å². The summed E-state index contributed by atoms with van der Waals surface area (Å²) >= 11 is 1.37. The Labute approximate surface area is 96.5 Å². The van der Waals surface area contributed by atoms with Gasteiger partial charge in [0.15, 0.2) is 0 Å². The quantitative estimate of drug-likeness (QED) is 0.856. The smallest absolute Gasteiger partial charge is 0.213 e. The third-order valence-electron chi connectivity index (χ3n) is 2.02. The molecule has 0 radical (unpaired) electrons. The van der Waals surface area contributed by atoms with E-state index in [1.807, 2.05) is 6.92 Å². The van der Waals surface area contributed by atoms with Crippen molar-refractivity contribution in [2.24, 2.45) is 5.73 Å².